The van der Waals surface area contributed by atoms with Gasteiger partial charge in [-0.2, -0.15) is 0 Å². The maximum atomic E-state index is 13.1. The van der Waals surface area contributed by atoms with Crippen molar-refractivity contribution in [2.24, 2.45) is 0 Å². The van der Waals surface area contributed by atoms with Crippen molar-refractivity contribution in [1.82, 2.24) is 9.88 Å². The number of benzene rings is 1. The molecule has 0 atom stereocenters. The van der Waals surface area contributed by atoms with Crippen molar-refractivity contribution in [2.75, 3.05) is 32.1 Å². The van der Waals surface area contributed by atoms with E-state index >= 15 is 0 Å². The summed E-state index contributed by atoms with van der Waals surface area (Å²) in [7, 11) is 4.09. The van der Waals surface area contributed by atoms with Crippen molar-refractivity contribution >= 4 is 67.9 Å². The third-order valence-corrected chi connectivity index (χ3v) is 6.85. The number of nitrogens with zero attached hydrogens (tertiary/aromatic N) is 3. The number of carbonyl (C=O) groups is 1. The van der Waals surface area contributed by atoms with Crippen molar-refractivity contribution in [1.29, 1.82) is 0 Å². The van der Waals surface area contributed by atoms with Gasteiger partial charge in [-0.15, -0.1) is 23.7 Å². The second-order valence-corrected chi connectivity index (χ2v) is 9.74. The Labute approximate surface area is 185 Å². The molecule has 0 spiro atoms. The second kappa shape index (κ2) is 10.0. The Kier molecular flexibility index (Phi) is 8.28. The quantitative estimate of drug-likeness (QED) is 0.464. The Hall–Kier alpha value is -1.18. The molecule has 0 bridgehead atoms. The molecule has 0 fully saturated rings. The van der Waals surface area contributed by atoms with Gasteiger partial charge >= 0.3 is 0 Å². The standard InChI is InChI=1S/C20H24ClN3OS2.ClH/c1-13-6-7-14(2)19-18(13)22-20(27-19)24(11-5-10-23(3)4)17(25)12-15-8-9-16(21)26-15;/h6-9H,5,10-12H2,1-4H3;1H. The molecule has 4 nitrogen and oxygen atoms in total. The number of halogens is 2. The van der Waals surface area contributed by atoms with Gasteiger partial charge in [-0.1, -0.05) is 35.1 Å². The number of hydrogen-bond acceptors (Lipinski definition) is 5. The summed E-state index contributed by atoms with van der Waals surface area (Å²) in [5.41, 5.74) is 3.34. The molecule has 2 heterocycles. The van der Waals surface area contributed by atoms with Crippen LogP contribution >= 0.6 is 46.7 Å². The minimum atomic E-state index is 0. The Balaban J connectivity index is 0.00000280. The van der Waals surface area contributed by atoms with Gasteiger partial charge in [-0.3, -0.25) is 9.69 Å². The fraction of sp³-hybridized carbons (Fsp3) is 0.400. The summed E-state index contributed by atoms with van der Waals surface area (Å²) < 4.78 is 1.87. The lowest BCUT2D eigenvalue weighted by Crippen LogP contribution is -2.34. The SMILES string of the molecule is Cc1ccc(C)c2sc(N(CCCN(C)C)C(=O)Cc3ccc(Cl)s3)nc12.Cl. The third-order valence-electron chi connectivity index (χ3n) is 4.40. The average Bonchev–Trinajstić information content (AvgIpc) is 3.22. The molecule has 2 aromatic heterocycles. The van der Waals surface area contributed by atoms with Crippen LogP contribution in [0.3, 0.4) is 0 Å². The Morgan fingerprint density at radius 3 is 2.39 bits per heavy atom. The Bertz CT molecular complexity index is 913. The number of thiazole rings is 1. The van der Waals surface area contributed by atoms with Crippen LogP contribution in [0.5, 0.6) is 0 Å². The minimum Gasteiger partial charge on any atom is -0.309 e. The Morgan fingerprint density at radius 2 is 1.79 bits per heavy atom. The van der Waals surface area contributed by atoms with E-state index in [1.165, 1.54) is 16.9 Å². The van der Waals surface area contributed by atoms with Crippen LogP contribution in [0.2, 0.25) is 4.34 Å². The average molecular weight is 458 g/mol. The monoisotopic (exact) mass is 457 g/mol. The summed E-state index contributed by atoms with van der Waals surface area (Å²) in [5.74, 6) is 0.0710. The smallest absolute Gasteiger partial charge is 0.234 e. The first-order valence-electron chi connectivity index (χ1n) is 8.91. The predicted molar refractivity (Wildman–Crippen MR) is 125 cm³/mol. The molecular formula is C20H25Cl2N3OS2. The third kappa shape index (κ3) is 5.45. The van der Waals surface area contributed by atoms with E-state index in [4.69, 9.17) is 16.6 Å². The van der Waals surface area contributed by atoms with Crippen molar-refractivity contribution < 1.29 is 4.79 Å². The highest BCUT2D eigenvalue weighted by molar-refractivity contribution is 7.22. The number of fused-ring (bicyclic) bond motifs is 1. The molecule has 0 aliphatic carbocycles. The van der Waals surface area contributed by atoms with Crippen molar-refractivity contribution in [3.05, 3.63) is 44.6 Å². The van der Waals surface area contributed by atoms with Crippen molar-refractivity contribution in [3.8, 4) is 0 Å². The molecule has 0 unspecified atom stereocenters. The van der Waals surface area contributed by atoms with Gasteiger partial charge < -0.3 is 4.90 Å². The van der Waals surface area contributed by atoms with Gasteiger partial charge in [0.25, 0.3) is 0 Å². The number of amides is 1. The van der Waals surface area contributed by atoms with Crippen LogP contribution in [0.1, 0.15) is 22.4 Å². The highest BCUT2D eigenvalue weighted by Crippen LogP contribution is 2.33. The van der Waals surface area contributed by atoms with Gasteiger partial charge in [0.1, 0.15) is 0 Å². The summed E-state index contributed by atoms with van der Waals surface area (Å²) in [6.45, 7) is 5.75. The summed E-state index contributed by atoms with van der Waals surface area (Å²) in [5, 5.41) is 0.786. The van der Waals surface area contributed by atoms with Gasteiger partial charge in [-0.25, -0.2) is 4.98 Å². The first kappa shape index (κ1) is 23.1. The van der Waals surface area contributed by atoms with E-state index in [0.717, 1.165) is 38.8 Å². The maximum Gasteiger partial charge on any atom is 0.234 e. The van der Waals surface area contributed by atoms with Crippen molar-refractivity contribution in [3.63, 3.8) is 0 Å². The van der Waals surface area contributed by atoms with Gasteiger partial charge in [0, 0.05) is 11.4 Å². The number of thiophene rings is 1. The summed E-state index contributed by atoms with van der Waals surface area (Å²) in [6, 6.07) is 7.98. The van der Waals surface area contributed by atoms with Crippen LogP contribution in [0.15, 0.2) is 24.3 Å². The molecule has 0 radical (unpaired) electrons. The molecule has 0 saturated carbocycles. The lowest BCUT2D eigenvalue weighted by atomic mass is 10.1. The van der Waals surface area contributed by atoms with Gasteiger partial charge in [-0.05, 0) is 64.2 Å². The normalized spacial score (nSPS) is 11.1. The predicted octanol–water partition coefficient (Wildman–Crippen LogP) is 5.58. The largest absolute Gasteiger partial charge is 0.309 e. The number of hydrogen-bond donors (Lipinski definition) is 0. The lowest BCUT2D eigenvalue weighted by molar-refractivity contribution is -0.118. The van der Waals surface area contributed by atoms with Crippen LogP contribution in [0, 0.1) is 13.8 Å². The first-order valence-corrected chi connectivity index (χ1v) is 10.9. The molecule has 0 N–H and O–H groups in total. The van der Waals surface area contributed by atoms with Crippen LogP contribution in [-0.4, -0.2) is 43.0 Å². The summed E-state index contributed by atoms with van der Waals surface area (Å²) in [4.78, 5) is 22.9. The van der Waals surface area contributed by atoms with E-state index in [1.807, 2.05) is 31.1 Å². The second-order valence-electron chi connectivity index (χ2n) is 6.96. The molecular weight excluding hydrogens is 433 g/mol. The van der Waals surface area contributed by atoms with E-state index in [9.17, 15) is 4.79 Å². The molecule has 0 aliphatic rings. The zero-order chi connectivity index (χ0) is 19.6. The van der Waals surface area contributed by atoms with E-state index in [0.29, 0.717) is 17.3 Å². The molecule has 152 valence electrons. The van der Waals surface area contributed by atoms with Crippen LogP contribution in [-0.2, 0) is 11.2 Å². The number of rotatable bonds is 7. The fourth-order valence-corrected chi connectivity index (χ4v) is 5.16. The fourth-order valence-electron chi connectivity index (χ4n) is 2.93. The molecule has 3 aromatic rings. The molecule has 8 heteroatoms. The van der Waals surface area contributed by atoms with Crippen molar-refractivity contribution in [2.45, 2.75) is 26.7 Å². The van der Waals surface area contributed by atoms with Crippen LogP contribution in [0.4, 0.5) is 5.13 Å². The molecule has 28 heavy (non-hydrogen) atoms. The van der Waals surface area contributed by atoms with Gasteiger partial charge in [0.2, 0.25) is 5.91 Å². The van der Waals surface area contributed by atoms with E-state index < -0.39 is 0 Å². The van der Waals surface area contributed by atoms with E-state index in [1.54, 1.807) is 11.3 Å². The number of anilines is 1. The highest BCUT2D eigenvalue weighted by atomic mass is 35.5. The minimum absolute atomic E-state index is 0. The zero-order valence-corrected chi connectivity index (χ0v) is 19.7. The summed E-state index contributed by atoms with van der Waals surface area (Å²) in [6.07, 6.45) is 1.26. The van der Waals surface area contributed by atoms with Gasteiger partial charge in [0.15, 0.2) is 5.13 Å². The first-order chi connectivity index (χ1) is 12.8. The molecule has 0 aliphatic heterocycles. The number of carbonyl (C=O) groups excluding carboxylic acids is 1. The van der Waals surface area contributed by atoms with E-state index in [-0.39, 0.29) is 18.3 Å². The number of aryl methyl sites for hydroxylation is 2. The maximum absolute atomic E-state index is 13.1. The number of aromatic nitrogens is 1. The molecule has 3 rings (SSSR count). The van der Waals surface area contributed by atoms with Gasteiger partial charge in [0.05, 0.1) is 21.0 Å². The summed E-state index contributed by atoms with van der Waals surface area (Å²) >= 11 is 9.09. The molecule has 1 aromatic carbocycles. The van der Waals surface area contributed by atoms with E-state index in [2.05, 4.69) is 30.9 Å². The zero-order valence-electron chi connectivity index (χ0n) is 16.5. The van der Waals surface area contributed by atoms with Crippen LogP contribution < -0.4 is 4.90 Å². The lowest BCUT2D eigenvalue weighted by Gasteiger charge is -2.20. The topological polar surface area (TPSA) is 36.4 Å². The highest BCUT2D eigenvalue weighted by Gasteiger charge is 2.21. The Morgan fingerprint density at radius 1 is 1.07 bits per heavy atom. The van der Waals surface area contributed by atoms with Crippen LogP contribution in [0.25, 0.3) is 10.2 Å². The molecule has 1 amide bonds. The molecule has 0 saturated heterocycles.